The van der Waals surface area contributed by atoms with Gasteiger partial charge in [0.1, 0.15) is 17.7 Å². The Morgan fingerprint density at radius 3 is 2.83 bits per heavy atom. The summed E-state index contributed by atoms with van der Waals surface area (Å²) in [5, 5.41) is 20.2. The van der Waals surface area contributed by atoms with Crippen LogP contribution in [0.15, 0.2) is 0 Å². The summed E-state index contributed by atoms with van der Waals surface area (Å²) in [5.41, 5.74) is 2.06. The predicted molar refractivity (Wildman–Crippen MR) is 66.0 cm³/mol. The van der Waals surface area contributed by atoms with E-state index < -0.39 is 0 Å². The minimum atomic E-state index is -0.331. The monoisotopic (exact) mass is 245 g/mol. The zero-order valence-corrected chi connectivity index (χ0v) is 10.7. The Morgan fingerprint density at radius 2 is 2.17 bits per heavy atom. The summed E-state index contributed by atoms with van der Waals surface area (Å²) < 4.78 is 0. The van der Waals surface area contributed by atoms with Gasteiger partial charge in [-0.25, -0.2) is 0 Å². The maximum Gasteiger partial charge on any atom is 0.242 e. The fourth-order valence-corrected chi connectivity index (χ4v) is 2.00. The third-order valence-corrected chi connectivity index (χ3v) is 3.32. The van der Waals surface area contributed by atoms with Crippen molar-refractivity contribution in [2.24, 2.45) is 0 Å². The first kappa shape index (κ1) is 12.3. The van der Waals surface area contributed by atoms with Crippen LogP contribution >= 0.6 is 0 Å². The van der Waals surface area contributed by atoms with E-state index in [1.807, 2.05) is 18.7 Å². The molecule has 0 aliphatic carbocycles. The molecule has 1 fully saturated rings. The smallest absolute Gasteiger partial charge is 0.242 e. The van der Waals surface area contributed by atoms with Crippen LogP contribution in [0.2, 0.25) is 0 Å². The minimum Gasteiger partial charge on any atom is -0.353 e. The van der Waals surface area contributed by atoms with Crippen LogP contribution in [0.3, 0.4) is 0 Å². The second-order valence-corrected chi connectivity index (χ2v) is 4.38. The zero-order valence-electron chi connectivity index (χ0n) is 10.7. The summed E-state index contributed by atoms with van der Waals surface area (Å²) >= 11 is 0. The van der Waals surface area contributed by atoms with Gasteiger partial charge in [-0.3, -0.25) is 4.79 Å². The molecule has 6 nitrogen and oxygen atoms in total. The second kappa shape index (κ2) is 4.61. The molecule has 0 bridgehead atoms. The molecule has 1 aromatic heterocycles. The van der Waals surface area contributed by atoms with Crippen LogP contribution in [0.1, 0.15) is 23.7 Å². The number of aryl methyl sites for hydroxylation is 1. The van der Waals surface area contributed by atoms with Crippen LogP contribution in [0, 0.1) is 25.2 Å². The maximum atomic E-state index is 11.6. The van der Waals surface area contributed by atoms with Crippen molar-refractivity contribution in [3.05, 3.63) is 16.8 Å². The van der Waals surface area contributed by atoms with Crippen molar-refractivity contribution in [1.29, 1.82) is 5.26 Å². The number of nitriles is 1. The number of aromatic nitrogens is 2. The number of amides is 1. The van der Waals surface area contributed by atoms with Crippen molar-refractivity contribution in [3.8, 4) is 6.07 Å². The maximum absolute atomic E-state index is 11.6. The predicted octanol–water partition coefficient (Wildman–Crippen LogP) is 0.290. The molecule has 1 amide bonds. The molecule has 1 aromatic rings. The quantitative estimate of drug-likeness (QED) is 0.769. The lowest BCUT2D eigenvalue weighted by Gasteiger charge is -2.34. The third kappa shape index (κ3) is 1.88. The van der Waals surface area contributed by atoms with Crippen LogP contribution in [0.25, 0.3) is 0 Å². The number of hydrogen-bond donors (Lipinski definition) is 1. The Hall–Kier alpha value is -2.16. The molecule has 1 aliphatic heterocycles. The van der Waals surface area contributed by atoms with Crippen LogP contribution in [-0.4, -0.2) is 35.2 Å². The first-order chi connectivity index (χ1) is 8.56. The van der Waals surface area contributed by atoms with Crippen LogP contribution in [0.5, 0.6) is 0 Å². The summed E-state index contributed by atoms with van der Waals surface area (Å²) in [4.78, 5) is 13.5. The van der Waals surface area contributed by atoms with Crippen molar-refractivity contribution in [2.45, 2.75) is 26.8 Å². The van der Waals surface area contributed by atoms with E-state index >= 15 is 0 Å². The van der Waals surface area contributed by atoms with Crippen molar-refractivity contribution in [3.63, 3.8) is 0 Å². The molecule has 1 atom stereocenters. The van der Waals surface area contributed by atoms with Crippen molar-refractivity contribution >= 4 is 11.7 Å². The molecule has 0 saturated carbocycles. The fourth-order valence-electron chi connectivity index (χ4n) is 2.00. The molecule has 1 aliphatic rings. The molecule has 0 spiro atoms. The summed E-state index contributed by atoms with van der Waals surface area (Å²) in [6, 6.07) is 1.83. The molecule has 2 rings (SSSR count). The van der Waals surface area contributed by atoms with E-state index in [1.165, 1.54) is 0 Å². The highest BCUT2D eigenvalue weighted by Gasteiger charge is 2.29. The van der Waals surface area contributed by atoms with E-state index in [2.05, 4.69) is 21.6 Å². The normalized spacial score (nSPS) is 19.3. The second-order valence-electron chi connectivity index (χ2n) is 4.38. The number of hydrogen-bond acceptors (Lipinski definition) is 5. The van der Waals surface area contributed by atoms with Crippen molar-refractivity contribution < 1.29 is 4.79 Å². The van der Waals surface area contributed by atoms with E-state index in [0.29, 0.717) is 24.5 Å². The van der Waals surface area contributed by atoms with Gasteiger partial charge in [0.25, 0.3) is 0 Å². The van der Waals surface area contributed by atoms with Gasteiger partial charge in [0, 0.05) is 13.1 Å². The van der Waals surface area contributed by atoms with Crippen LogP contribution in [-0.2, 0) is 4.79 Å². The number of rotatable bonds is 1. The summed E-state index contributed by atoms with van der Waals surface area (Å²) in [6.07, 6.45) is 0. The number of carbonyl (C=O) groups excluding carboxylic acids is 1. The first-order valence-electron chi connectivity index (χ1n) is 5.84. The molecular weight excluding hydrogens is 230 g/mol. The highest BCUT2D eigenvalue weighted by molar-refractivity contribution is 5.86. The first-order valence-corrected chi connectivity index (χ1v) is 5.84. The summed E-state index contributed by atoms with van der Waals surface area (Å²) in [6.45, 7) is 6.66. The lowest BCUT2D eigenvalue weighted by atomic mass is 10.1. The molecule has 6 heteroatoms. The van der Waals surface area contributed by atoms with E-state index in [1.54, 1.807) is 6.92 Å². The number of nitrogens with one attached hydrogen (secondary N) is 1. The van der Waals surface area contributed by atoms with E-state index in [9.17, 15) is 10.1 Å². The number of anilines is 1. The Bertz CT molecular complexity index is 534. The molecule has 1 unspecified atom stereocenters. The molecule has 1 N–H and O–H groups in total. The van der Waals surface area contributed by atoms with Gasteiger partial charge in [0.05, 0.1) is 5.69 Å². The molecular formula is C12H15N5O. The van der Waals surface area contributed by atoms with Gasteiger partial charge >= 0.3 is 0 Å². The third-order valence-electron chi connectivity index (χ3n) is 3.32. The lowest BCUT2D eigenvalue weighted by molar-refractivity contribution is -0.122. The van der Waals surface area contributed by atoms with Gasteiger partial charge in [0.15, 0.2) is 5.82 Å². The molecule has 18 heavy (non-hydrogen) atoms. The van der Waals surface area contributed by atoms with Gasteiger partial charge in [-0.15, -0.1) is 5.10 Å². The van der Waals surface area contributed by atoms with E-state index in [4.69, 9.17) is 0 Å². The SMILES string of the molecule is Cc1nnc(N2CCNC(=O)C2C)c(C#N)c1C. The van der Waals surface area contributed by atoms with Gasteiger partial charge in [-0.1, -0.05) is 0 Å². The lowest BCUT2D eigenvalue weighted by Crippen LogP contribution is -2.54. The number of carbonyl (C=O) groups is 1. The molecule has 2 heterocycles. The number of nitrogens with zero attached hydrogens (tertiary/aromatic N) is 4. The van der Waals surface area contributed by atoms with Gasteiger partial charge in [-0.2, -0.15) is 10.4 Å². The average molecular weight is 245 g/mol. The van der Waals surface area contributed by atoms with Crippen molar-refractivity contribution in [1.82, 2.24) is 15.5 Å². The zero-order chi connectivity index (χ0) is 13.3. The number of piperazine rings is 1. The van der Waals surface area contributed by atoms with E-state index in [-0.39, 0.29) is 11.9 Å². The molecule has 94 valence electrons. The topological polar surface area (TPSA) is 81.9 Å². The van der Waals surface area contributed by atoms with Gasteiger partial charge in [0.2, 0.25) is 5.91 Å². The highest BCUT2D eigenvalue weighted by atomic mass is 16.2. The Kier molecular flexibility index (Phi) is 3.15. The molecule has 0 aromatic carbocycles. The molecule has 1 saturated heterocycles. The van der Waals surface area contributed by atoms with Gasteiger partial charge in [-0.05, 0) is 26.3 Å². The Balaban J connectivity index is 2.48. The minimum absolute atomic E-state index is 0.0508. The van der Waals surface area contributed by atoms with Crippen LogP contribution in [0.4, 0.5) is 5.82 Å². The van der Waals surface area contributed by atoms with Crippen LogP contribution < -0.4 is 10.2 Å². The Labute approximate surface area is 106 Å². The molecule has 0 radical (unpaired) electrons. The standard InChI is InChI=1S/C12H15N5O/c1-7-8(2)15-16-11(10(7)6-13)17-5-4-14-12(18)9(17)3/h9H,4-5H2,1-3H3,(H,14,18). The summed E-state index contributed by atoms with van der Waals surface area (Å²) in [5.74, 6) is 0.452. The highest BCUT2D eigenvalue weighted by Crippen LogP contribution is 2.23. The summed E-state index contributed by atoms with van der Waals surface area (Å²) in [7, 11) is 0. The van der Waals surface area contributed by atoms with Gasteiger partial charge < -0.3 is 10.2 Å². The average Bonchev–Trinajstić information content (AvgIpc) is 2.36. The largest absolute Gasteiger partial charge is 0.353 e. The van der Waals surface area contributed by atoms with Crippen molar-refractivity contribution in [2.75, 3.05) is 18.0 Å². The Morgan fingerprint density at radius 1 is 1.44 bits per heavy atom. The van der Waals surface area contributed by atoms with E-state index in [0.717, 1.165) is 11.3 Å². The fraction of sp³-hybridized carbons (Fsp3) is 0.500.